The molecule has 0 aromatic heterocycles. The van der Waals surface area contributed by atoms with Crippen LogP contribution in [-0.2, 0) is 21.2 Å². The van der Waals surface area contributed by atoms with Crippen molar-refractivity contribution < 1.29 is 22.4 Å². The van der Waals surface area contributed by atoms with Crippen molar-refractivity contribution in [2.75, 3.05) is 32.9 Å². The number of benzene rings is 2. The number of rotatable bonds is 6. The first-order valence-electron chi connectivity index (χ1n) is 11.6. The van der Waals surface area contributed by atoms with E-state index in [2.05, 4.69) is 10.3 Å². The molecule has 2 heterocycles. The quantitative estimate of drug-likeness (QED) is 0.616. The Morgan fingerprint density at radius 2 is 1.89 bits per heavy atom. The second-order valence-electron chi connectivity index (χ2n) is 9.38. The molecule has 0 atom stereocenters. The lowest BCUT2D eigenvalue weighted by molar-refractivity contribution is -0.124. The summed E-state index contributed by atoms with van der Waals surface area (Å²) in [6.45, 7) is 2.21. The second-order valence-corrected chi connectivity index (χ2v) is 11.9. The van der Waals surface area contributed by atoms with Crippen LogP contribution in [0.4, 0.5) is 4.39 Å². The molecule has 36 heavy (non-hydrogen) atoms. The number of hydrogen-bond donors (Lipinski definition) is 1. The number of sulfonamides is 1. The fourth-order valence-corrected chi connectivity index (χ4v) is 6.16. The van der Waals surface area contributed by atoms with Gasteiger partial charge >= 0.3 is 0 Å². The largest absolute Gasteiger partial charge is 0.345 e. The molecule has 0 bridgehead atoms. The Hall–Kier alpha value is -2.82. The number of hydrogen-bond acceptors (Lipinski definition) is 5. The molecule has 2 aliphatic rings. The highest BCUT2D eigenvalue weighted by molar-refractivity contribution is 7.89. The van der Waals surface area contributed by atoms with Crippen LogP contribution in [0.3, 0.4) is 0 Å². The van der Waals surface area contributed by atoms with Crippen molar-refractivity contribution in [2.45, 2.75) is 31.7 Å². The third kappa shape index (κ3) is 5.16. The fourth-order valence-electron chi connectivity index (χ4n) is 4.51. The summed E-state index contributed by atoms with van der Waals surface area (Å²) in [5, 5.41) is 2.67. The second kappa shape index (κ2) is 9.91. The van der Waals surface area contributed by atoms with E-state index in [0.29, 0.717) is 23.4 Å². The van der Waals surface area contributed by atoms with Gasteiger partial charge in [-0.05, 0) is 67.6 Å². The lowest BCUT2D eigenvalue weighted by atomic mass is 9.89. The smallest absolute Gasteiger partial charge is 0.253 e. The van der Waals surface area contributed by atoms with Crippen molar-refractivity contribution in [2.24, 2.45) is 4.99 Å². The van der Waals surface area contributed by atoms with Crippen LogP contribution in [0.25, 0.3) is 0 Å². The van der Waals surface area contributed by atoms with E-state index in [4.69, 9.17) is 11.6 Å². The third-order valence-electron chi connectivity index (χ3n) is 6.74. The minimum atomic E-state index is -3.56. The number of aryl methyl sites for hydroxylation is 2. The van der Waals surface area contributed by atoms with Gasteiger partial charge in [-0.3, -0.25) is 14.6 Å². The molecule has 2 amide bonds. The standard InChI is InChI=1S/C25H28ClFN4O4S/c1-16-14-19(23(32)30(2)3)5-4-17(16)8-13-36(34,35)31-11-9-25(10-12-31)24(33)28-22(29-25)18-6-7-21(27)20(26)15-18/h4-7,14-15H,8-13H2,1-3H3,(H,28,29,33). The molecule has 2 aromatic carbocycles. The van der Waals surface area contributed by atoms with E-state index in [0.717, 1.165) is 11.1 Å². The van der Waals surface area contributed by atoms with Gasteiger partial charge in [0, 0.05) is 38.3 Å². The van der Waals surface area contributed by atoms with Gasteiger partial charge in [0.1, 0.15) is 17.2 Å². The summed E-state index contributed by atoms with van der Waals surface area (Å²) in [6, 6.07) is 9.39. The predicted octanol–water partition coefficient (Wildman–Crippen LogP) is 2.77. The fraction of sp³-hybridized carbons (Fsp3) is 0.400. The van der Waals surface area contributed by atoms with Gasteiger partial charge in [0.2, 0.25) is 10.0 Å². The van der Waals surface area contributed by atoms with Crippen molar-refractivity contribution in [1.29, 1.82) is 0 Å². The summed E-state index contributed by atoms with van der Waals surface area (Å²) < 4.78 is 41.0. The normalized spacial score (nSPS) is 17.7. The average Bonchev–Trinajstić information content (AvgIpc) is 3.15. The van der Waals surface area contributed by atoms with Crippen LogP contribution in [-0.4, -0.2) is 73.7 Å². The Bertz CT molecular complexity index is 1350. The SMILES string of the molecule is Cc1cc(C(=O)N(C)C)ccc1CCS(=O)(=O)N1CCC2(CC1)N=C(c1ccc(F)c(Cl)c1)NC2=O. The van der Waals surface area contributed by atoms with Gasteiger partial charge < -0.3 is 10.2 Å². The van der Waals surface area contributed by atoms with E-state index < -0.39 is 21.4 Å². The first kappa shape index (κ1) is 26.2. The Morgan fingerprint density at radius 1 is 1.19 bits per heavy atom. The number of amides is 2. The zero-order valence-corrected chi connectivity index (χ0v) is 21.9. The average molecular weight is 535 g/mol. The van der Waals surface area contributed by atoms with Crippen molar-refractivity contribution in [3.05, 3.63) is 69.5 Å². The van der Waals surface area contributed by atoms with Crippen LogP contribution >= 0.6 is 11.6 Å². The van der Waals surface area contributed by atoms with Gasteiger partial charge in [0.15, 0.2) is 0 Å². The number of aliphatic imine (C=N–C) groups is 1. The van der Waals surface area contributed by atoms with E-state index >= 15 is 0 Å². The first-order chi connectivity index (χ1) is 16.9. The zero-order valence-electron chi connectivity index (χ0n) is 20.3. The number of amidine groups is 1. The van der Waals surface area contributed by atoms with Crippen molar-refractivity contribution in [1.82, 2.24) is 14.5 Å². The number of nitrogens with one attached hydrogen (secondary N) is 1. The van der Waals surface area contributed by atoms with Crippen LogP contribution in [0.15, 0.2) is 41.4 Å². The maximum atomic E-state index is 13.5. The maximum Gasteiger partial charge on any atom is 0.253 e. The summed E-state index contributed by atoms with van der Waals surface area (Å²) in [7, 11) is -0.197. The number of carbonyl (C=O) groups excluding carboxylic acids is 2. The van der Waals surface area contributed by atoms with Crippen LogP contribution in [0.2, 0.25) is 5.02 Å². The van der Waals surface area contributed by atoms with E-state index in [1.165, 1.54) is 27.4 Å². The molecule has 11 heteroatoms. The Kier molecular flexibility index (Phi) is 7.23. The van der Waals surface area contributed by atoms with Gasteiger partial charge in [-0.2, -0.15) is 0 Å². The van der Waals surface area contributed by atoms with Crippen molar-refractivity contribution in [3.8, 4) is 0 Å². The summed E-state index contributed by atoms with van der Waals surface area (Å²) in [5.41, 5.74) is 1.73. The molecule has 0 radical (unpaired) electrons. The molecule has 2 aromatic rings. The van der Waals surface area contributed by atoms with E-state index in [1.54, 1.807) is 32.3 Å². The number of nitrogens with zero attached hydrogens (tertiary/aromatic N) is 3. The molecule has 1 fully saturated rings. The lowest BCUT2D eigenvalue weighted by Crippen LogP contribution is -2.50. The molecule has 1 N–H and O–H groups in total. The maximum absolute atomic E-state index is 13.5. The predicted molar refractivity (Wildman–Crippen MR) is 136 cm³/mol. The van der Waals surface area contributed by atoms with E-state index in [1.807, 2.05) is 6.92 Å². The molecule has 8 nitrogen and oxygen atoms in total. The highest BCUT2D eigenvalue weighted by Crippen LogP contribution is 2.32. The molecule has 1 spiro atoms. The van der Waals surface area contributed by atoms with Gasteiger partial charge in [-0.25, -0.2) is 17.1 Å². The number of piperidine rings is 1. The minimum Gasteiger partial charge on any atom is -0.345 e. The van der Waals surface area contributed by atoms with Gasteiger partial charge in [-0.1, -0.05) is 17.7 Å². The molecular weight excluding hydrogens is 507 g/mol. The third-order valence-corrected chi connectivity index (χ3v) is 8.90. The van der Waals surface area contributed by atoms with Crippen LogP contribution in [0.1, 0.15) is 39.9 Å². The minimum absolute atomic E-state index is 0.0690. The van der Waals surface area contributed by atoms with Gasteiger partial charge in [0.25, 0.3) is 11.8 Å². The molecule has 192 valence electrons. The Labute approximate surface area is 215 Å². The van der Waals surface area contributed by atoms with E-state index in [9.17, 15) is 22.4 Å². The topological polar surface area (TPSA) is 99.2 Å². The summed E-state index contributed by atoms with van der Waals surface area (Å²) in [5.74, 6) is -0.727. The van der Waals surface area contributed by atoms with E-state index in [-0.39, 0.29) is 48.5 Å². The molecular formula is C25H28ClFN4O4S. The Balaban J connectivity index is 1.41. The van der Waals surface area contributed by atoms with Crippen LogP contribution in [0.5, 0.6) is 0 Å². The molecule has 4 rings (SSSR count). The summed E-state index contributed by atoms with van der Waals surface area (Å²) in [4.78, 5) is 31.0. The summed E-state index contributed by atoms with van der Waals surface area (Å²) >= 11 is 5.86. The van der Waals surface area contributed by atoms with Crippen LogP contribution < -0.4 is 5.32 Å². The Morgan fingerprint density at radius 3 is 2.50 bits per heavy atom. The highest BCUT2D eigenvalue weighted by Gasteiger charge is 2.47. The van der Waals surface area contributed by atoms with Crippen molar-refractivity contribution in [3.63, 3.8) is 0 Å². The molecule has 0 unspecified atom stereocenters. The lowest BCUT2D eigenvalue weighted by Gasteiger charge is -2.34. The molecule has 1 saturated heterocycles. The molecule has 2 aliphatic heterocycles. The first-order valence-corrected chi connectivity index (χ1v) is 13.6. The van der Waals surface area contributed by atoms with Gasteiger partial charge in [-0.15, -0.1) is 0 Å². The van der Waals surface area contributed by atoms with Crippen LogP contribution in [0, 0.1) is 12.7 Å². The number of carbonyl (C=O) groups is 2. The highest BCUT2D eigenvalue weighted by atomic mass is 35.5. The molecule has 0 aliphatic carbocycles. The molecule has 0 saturated carbocycles. The monoisotopic (exact) mass is 534 g/mol. The van der Waals surface area contributed by atoms with Gasteiger partial charge in [0.05, 0.1) is 10.8 Å². The zero-order chi connectivity index (χ0) is 26.3. The number of halogens is 2. The summed E-state index contributed by atoms with van der Waals surface area (Å²) in [6.07, 6.45) is 0.814. The van der Waals surface area contributed by atoms with Crippen molar-refractivity contribution >= 4 is 39.3 Å².